The molecule has 1 heterocycles. The number of rotatable bonds is 3. The molecule has 5 heteroatoms. The number of esters is 1. The van der Waals surface area contributed by atoms with E-state index in [1.54, 1.807) is 41.8 Å². The largest absolute Gasteiger partial charge is 0.462 e. The molecule has 4 nitrogen and oxygen atoms in total. The molecular formula is C15H13ClN2O2. The second-order valence-electron chi connectivity index (χ2n) is 4.18. The van der Waals surface area contributed by atoms with Crippen LogP contribution >= 0.6 is 11.6 Å². The van der Waals surface area contributed by atoms with Crippen LogP contribution < -0.4 is 0 Å². The van der Waals surface area contributed by atoms with Crippen molar-refractivity contribution in [1.82, 2.24) is 4.57 Å². The summed E-state index contributed by atoms with van der Waals surface area (Å²) in [6.45, 7) is 3.94. The molecule has 0 N–H and O–H groups in total. The third kappa shape index (κ3) is 2.54. The fourth-order valence-electron chi connectivity index (χ4n) is 1.95. The Morgan fingerprint density at radius 2 is 2.05 bits per heavy atom. The van der Waals surface area contributed by atoms with Crippen LogP contribution in [0.3, 0.4) is 0 Å². The van der Waals surface area contributed by atoms with E-state index >= 15 is 0 Å². The monoisotopic (exact) mass is 288 g/mol. The summed E-state index contributed by atoms with van der Waals surface area (Å²) in [7, 11) is 0. The number of halogens is 1. The van der Waals surface area contributed by atoms with Gasteiger partial charge in [0.15, 0.2) is 0 Å². The fraction of sp³-hybridized carbons (Fsp3) is 0.200. The first-order valence-corrected chi connectivity index (χ1v) is 6.51. The highest BCUT2D eigenvalue weighted by Crippen LogP contribution is 2.24. The van der Waals surface area contributed by atoms with Crippen LogP contribution in [0.5, 0.6) is 0 Å². The SMILES string of the molecule is CCOC(=O)c1ccc(-n2c(C#N)cc(Cl)c2C)cc1. The van der Waals surface area contributed by atoms with Gasteiger partial charge in [0.2, 0.25) is 0 Å². The standard InChI is InChI=1S/C15H13ClN2O2/c1-3-20-15(19)11-4-6-12(7-5-11)18-10(2)14(16)8-13(18)9-17/h4-8H,3H2,1-2H3. The maximum atomic E-state index is 11.6. The van der Waals surface area contributed by atoms with E-state index in [-0.39, 0.29) is 5.97 Å². The van der Waals surface area contributed by atoms with Crippen molar-refractivity contribution in [2.24, 2.45) is 0 Å². The summed E-state index contributed by atoms with van der Waals surface area (Å²) in [5.74, 6) is -0.359. The van der Waals surface area contributed by atoms with Gasteiger partial charge in [0.1, 0.15) is 11.8 Å². The van der Waals surface area contributed by atoms with E-state index < -0.39 is 0 Å². The zero-order valence-corrected chi connectivity index (χ0v) is 11.9. The van der Waals surface area contributed by atoms with Crippen LogP contribution in [-0.4, -0.2) is 17.1 Å². The predicted molar refractivity (Wildman–Crippen MR) is 76.2 cm³/mol. The molecule has 0 atom stereocenters. The third-order valence-electron chi connectivity index (χ3n) is 2.94. The third-order valence-corrected chi connectivity index (χ3v) is 3.32. The van der Waals surface area contributed by atoms with Gasteiger partial charge < -0.3 is 9.30 Å². The molecule has 0 aliphatic carbocycles. The number of nitriles is 1. The van der Waals surface area contributed by atoms with Crippen molar-refractivity contribution >= 4 is 17.6 Å². The van der Waals surface area contributed by atoms with Crippen LogP contribution in [0.2, 0.25) is 5.02 Å². The molecule has 2 aromatic rings. The van der Waals surface area contributed by atoms with Gasteiger partial charge in [-0.3, -0.25) is 0 Å². The summed E-state index contributed by atoms with van der Waals surface area (Å²) >= 11 is 6.04. The van der Waals surface area contributed by atoms with Gasteiger partial charge in [-0.1, -0.05) is 11.6 Å². The molecular weight excluding hydrogens is 276 g/mol. The van der Waals surface area contributed by atoms with Crippen molar-refractivity contribution in [3.8, 4) is 11.8 Å². The second-order valence-corrected chi connectivity index (χ2v) is 4.58. The summed E-state index contributed by atoms with van der Waals surface area (Å²) in [6, 6.07) is 10.6. The smallest absolute Gasteiger partial charge is 0.338 e. The average Bonchev–Trinajstić information content (AvgIpc) is 2.75. The number of hydrogen-bond donors (Lipinski definition) is 0. The van der Waals surface area contributed by atoms with E-state index in [0.717, 1.165) is 11.4 Å². The maximum absolute atomic E-state index is 11.6. The molecule has 0 amide bonds. The normalized spacial score (nSPS) is 10.1. The van der Waals surface area contributed by atoms with Gasteiger partial charge in [0.25, 0.3) is 0 Å². The van der Waals surface area contributed by atoms with Crippen molar-refractivity contribution in [3.63, 3.8) is 0 Å². The minimum atomic E-state index is -0.359. The van der Waals surface area contributed by atoms with Gasteiger partial charge in [-0.2, -0.15) is 5.26 Å². The van der Waals surface area contributed by atoms with Gasteiger partial charge in [-0.05, 0) is 44.2 Å². The van der Waals surface area contributed by atoms with Crippen molar-refractivity contribution in [1.29, 1.82) is 5.26 Å². The second kappa shape index (κ2) is 5.81. The first-order chi connectivity index (χ1) is 9.58. The summed E-state index contributed by atoms with van der Waals surface area (Å²) < 4.78 is 6.67. The fourth-order valence-corrected chi connectivity index (χ4v) is 2.14. The Kier molecular flexibility index (Phi) is 4.11. The molecule has 0 saturated heterocycles. The molecule has 102 valence electrons. The van der Waals surface area contributed by atoms with Crippen molar-refractivity contribution in [2.75, 3.05) is 6.61 Å². The highest BCUT2D eigenvalue weighted by molar-refractivity contribution is 6.31. The number of aromatic nitrogens is 1. The molecule has 2 rings (SSSR count). The highest BCUT2D eigenvalue weighted by atomic mass is 35.5. The summed E-state index contributed by atoms with van der Waals surface area (Å²) in [5.41, 5.74) is 2.49. The number of hydrogen-bond acceptors (Lipinski definition) is 3. The Labute approximate surface area is 122 Å². The topological polar surface area (TPSA) is 55.0 Å². The number of ether oxygens (including phenoxy) is 1. The molecule has 0 aliphatic heterocycles. The molecule has 0 radical (unpaired) electrons. The van der Waals surface area contributed by atoms with Crippen LogP contribution in [0.1, 0.15) is 28.7 Å². The highest BCUT2D eigenvalue weighted by Gasteiger charge is 2.12. The van der Waals surface area contributed by atoms with Gasteiger partial charge in [0, 0.05) is 11.4 Å². The van der Waals surface area contributed by atoms with Crippen molar-refractivity contribution in [2.45, 2.75) is 13.8 Å². The van der Waals surface area contributed by atoms with Crippen LogP contribution in [0, 0.1) is 18.3 Å². The Balaban J connectivity index is 2.41. The molecule has 0 fully saturated rings. The van der Waals surface area contributed by atoms with Gasteiger partial charge >= 0.3 is 5.97 Å². The molecule has 1 aromatic carbocycles. The average molecular weight is 289 g/mol. The molecule has 0 aliphatic rings. The Morgan fingerprint density at radius 3 is 2.60 bits per heavy atom. The van der Waals surface area contributed by atoms with E-state index in [1.165, 1.54) is 0 Å². The van der Waals surface area contributed by atoms with Crippen LogP contribution in [0.4, 0.5) is 0 Å². The quantitative estimate of drug-likeness (QED) is 0.812. The Hall–Kier alpha value is -2.25. The summed E-state index contributed by atoms with van der Waals surface area (Å²) in [4.78, 5) is 11.6. The molecule has 1 aromatic heterocycles. The van der Waals surface area contributed by atoms with Gasteiger partial charge in [-0.15, -0.1) is 0 Å². The number of carbonyl (C=O) groups excluding carboxylic acids is 1. The zero-order valence-electron chi connectivity index (χ0n) is 11.2. The summed E-state index contributed by atoms with van der Waals surface area (Å²) in [5, 5.41) is 9.66. The lowest BCUT2D eigenvalue weighted by atomic mass is 10.2. The van der Waals surface area contributed by atoms with Crippen LogP contribution in [0.15, 0.2) is 30.3 Å². The molecule has 0 bridgehead atoms. The number of benzene rings is 1. The minimum absolute atomic E-state index is 0.339. The maximum Gasteiger partial charge on any atom is 0.338 e. The van der Waals surface area contributed by atoms with E-state index in [0.29, 0.717) is 22.9 Å². The first kappa shape index (κ1) is 14.2. The van der Waals surface area contributed by atoms with Crippen LogP contribution in [-0.2, 0) is 4.74 Å². The first-order valence-electron chi connectivity index (χ1n) is 6.14. The van der Waals surface area contributed by atoms with Gasteiger partial charge in [-0.25, -0.2) is 4.79 Å². The van der Waals surface area contributed by atoms with E-state index in [9.17, 15) is 4.79 Å². The lowest BCUT2D eigenvalue weighted by Crippen LogP contribution is -2.05. The van der Waals surface area contributed by atoms with E-state index in [1.807, 2.05) is 6.92 Å². The van der Waals surface area contributed by atoms with Crippen LogP contribution in [0.25, 0.3) is 5.69 Å². The van der Waals surface area contributed by atoms with Crippen molar-refractivity contribution in [3.05, 3.63) is 52.3 Å². The molecule has 0 unspecified atom stereocenters. The predicted octanol–water partition coefficient (Wildman–Crippen LogP) is 3.49. The lowest BCUT2D eigenvalue weighted by molar-refractivity contribution is 0.0526. The zero-order chi connectivity index (χ0) is 14.7. The molecule has 20 heavy (non-hydrogen) atoms. The lowest BCUT2D eigenvalue weighted by Gasteiger charge is -2.09. The van der Waals surface area contributed by atoms with Crippen molar-refractivity contribution < 1.29 is 9.53 Å². The number of nitrogens with zero attached hydrogens (tertiary/aromatic N) is 2. The van der Waals surface area contributed by atoms with E-state index in [4.69, 9.17) is 21.6 Å². The van der Waals surface area contributed by atoms with Gasteiger partial charge in [0.05, 0.1) is 17.2 Å². The Morgan fingerprint density at radius 1 is 1.40 bits per heavy atom. The Bertz CT molecular complexity index is 681. The summed E-state index contributed by atoms with van der Waals surface area (Å²) in [6.07, 6.45) is 0. The molecule has 0 spiro atoms. The number of carbonyl (C=O) groups is 1. The minimum Gasteiger partial charge on any atom is -0.462 e. The van der Waals surface area contributed by atoms with E-state index in [2.05, 4.69) is 6.07 Å². The molecule has 0 saturated carbocycles.